The summed E-state index contributed by atoms with van der Waals surface area (Å²) in [7, 11) is 0. The fraction of sp³-hybridized carbons (Fsp3) is 0.421. The molecule has 0 radical (unpaired) electrons. The Morgan fingerprint density at radius 3 is 1.60 bits per heavy atom. The maximum Gasteiger partial charge on any atom is 0.397 e. The SMILES string of the molecule is CCOC(=O)C(=O)N1CCN(C(=O)c2cc3ccccc3[nH]2)CC1.O=C(N[C@H]1CCCC[C@@H]1O)C(=O)N1CCN(C(=O)c2cc3ccccc3[nH]2)CC1. The number of aromatic nitrogens is 2. The summed E-state index contributed by atoms with van der Waals surface area (Å²) in [6.07, 6.45) is 2.62. The summed E-state index contributed by atoms with van der Waals surface area (Å²) in [6, 6.07) is 18.7. The highest BCUT2D eigenvalue weighted by Gasteiger charge is 2.32. The Morgan fingerprint density at radius 2 is 1.13 bits per heavy atom. The zero-order valence-electron chi connectivity index (χ0n) is 29.7. The number of carbonyl (C=O) groups is 6. The molecular formula is C38H45N7O8. The highest BCUT2D eigenvalue weighted by Crippen LogP contribution is 2.20. The predicted octanol–water partition coefficient (Wildman–Crippen LogP) is 1.89. The van der Waals surface area contributed by atoms with Crippen LogP contribution in [0.4, 0.5) is 0 Å². The Balaban J connectivity index is 0.000000185. The Kier molecular flexibility index (Phi) is 11.7. The fourth-order valence-corrected chi connectivity index (χ4v) is 6.92. The average molecular weight is 728 g/mol. The number of amides is 5. The predicted molar refractivity (Wildman–Crippen MR) is 195 cm³/mol. The number of aliphatic hydroxyl groups is 1. The highest BCUT2D eigenvalue weighted by atomic mass is 16.5. The van der Waals surface area contributed by atoms with Gasteiger partial charge in [0, 0.05) is 74.2 Å². The molecule has 0 spiro atoms. The fourth-order valence-electron chi connectivity index (χ4n) is 6.92. The Bertz CT molecular complexity index is 1910. The van der Waals surface area contributed by atoms with E-state index in [9.17, 15) is 33.9 Å². The second kappa shape index (κ2) is 16.8. The first-order valence-electron chi connectivity index (χ1n) is 18.1. The Morgan fingerprint density at radius 1 is 0.679 bits per heavy atom. The molecule has 0 unspecified atom stereocenters. The molecule has 1 saturated carbocycles. The first-order valence-corrected chi connectivity index (χ1v) is 18.1. The van der Waals surface area contributed by atoms with E-state index in [1.807, 2.05) is 60.7 Å². The van der Waals surface area contributed by atoms with Crippen LogP contribution in [0.1, 0.15) is 53.6 Å². The van der Waals surface area contributed by atoms with Crippen molar-refractivity contribution in [1.82, 2.24) is 34.9 Å². The van der Waals surface area contributed by atoms with Gasteiger partial charge in [-0.25, -0.2) is 4.79 Å². The molecule has 4 N–H and O–H groups in total. The van der Waals surface area contributed by atoms with Crippen molar-refractivity contribution in [2.24, 2.45) is 0 Å². The Hall–Kier alpha value is -5.70. The van der Waals surface area contributed by atoms with E-state index < -0.39 is 29.8 Å². The number of rotatable bonds is 4. The summed E-state index contributed by atoms with van der Waals surface area (Å²) in [5, 5.41) is 14.6. The number of fused-ring (bicyclic) bond motifs is 2. The highest BCUT2D eigenvalue weighted by molar-refractivity contribution is 6.35. The van der Waals surface area contributed by atoms with Crippen LogP contribution >= 0.6 is 0 Å². The van der Waals surface area contributed by atoms with E-state index in [0.717, 1.165) is 34.6 Å². The van der Waals surface area contributed by atoms with Gasteiger partial charge in [0.25, 0.3) is 11.8 Å². The number of hydrogen-bond acceptors (Lipinski definition) is 8. The van der Waals surface area contributed by atoms with Gasteiger partial charge in [-0.1, -0.05) is 49.2 Å². The number of nitrogens with zero attached hydrogens (tertiary/aromatic N) is 4. The number of aliphatic hydroxyl groups excluding tert-OH is 1. The molecule has 3 aliphatic rings. The third-order valence-electron chi connectivity index (χ3n) is 9.92. The van der Waals surface area contributed by atoms with Crippen LogP contribution in [-0.4, -0.2) is 141 Å². The molecule has 7 rings (SSSR count). The molecular weight excluding hydrogens is 682 g/mol. The van der Waals surface area contributed by atoms with E-state index in [4.69, 9.17) is 4.74 Å². The molecule has 2 saturated heterocycles. The van der Waals surface area contributed by atoms with E-state index in [1.165, 1.54) is 9.80 Å². The number of ether oxygens (including phenoxy) is 1. The normalized spacial score (nSPS) is 19.0. The molecule has 15 heteroatoms. The van der Waals surface area contributed by atoms with Gasteiger partial charge in [0.15, 0.2) is 0 Å². The van der Waals surface area contributed by atoms with Crippen LogP contribution in [0.15, 0.2) is 60.7 Å². The van der Waals surface area contributed by atoms with Crippen molar-refractivity contribution >= 4 is 57.3 Å². The van der Waals surface area contributed by atoms with Gasteiger partial charge in [0.05, 0.1) is 18.8 Å². The summed E-state index contributed by atoms with van der Waals surface area (Å²) >= 11 is 0. The topological polar surface area (TPSA) is 188 Å². The van der Waals surface area contributed by atoms with E-state index in [1.54, 1.807) is 16.7 Å². The number of hydrogen-bond donors (Lipinski definition) is 4. The second-order valence-corrected chi connectivity index (χ2v) is 13.4. The lowest BCUT2D eigenvalue weighted by Gasteiger charge is -2.35. The van der Waals surface area contributed by atoms with Crippen LogP contribution in [-0.2, 0) is 23.9 Å². The minimum Gasteiger partial charge on any atom is -0.459 e. The van der Waals surface area contributed by atoms with E-state index >= 15 is 0 Å². The largest absolute Gasteiger partial charge is 0.459 e. The zero-order valence-corrected chi connectivity index (χ0v) is 29.7. The summed E-state index contributed by atoms with van der Waals surface area (Å²) in [4.78, 5) is 86.0. The van der Waals surface area contributed by atoms with Crippen molar-refractivity contribution in [2.45, 2.75) is 44.8 Å². The number of nitrogens with one attached hydrogen (secondary N) is 3. The number of esters is 1. The molecule has 4 aromatic rings. The molecule has 53 heavy (non-hydrogen) atoms. The van der Waals surface area contributed by atoms with Crippen LogP contribution in [0.3, 0.4) is 0 Å². The zero-order chi connectivity index (χ0) is 37.5. The van der Waals surface area contributed by atoms with Gasteiger partial charge in [-0.2, -0.15) is 0 Å². The second-order valence-electron chi connectivity index (χ2n) is 13.4. The molecule has 15 nitrogen and oxygen atoms in total. The molecule has 3 fully saturated rings. The summed E-state index contributed by atoms with van der Waals surface area (Å²) < 4.78 is 4.72. The van der Waals surface area contributed by atoms with E-state index in [0.29, 0.717) is 76.6 Å². The molecule has 2 aromatic heterocycles. The monoisotopic (exact) mass is 727 g/mol. The van der Waals surface area contributed by atoms with Crippen LogP contribution in [0, 0.1) is 0 Å². The lowest BCUT2D eigenvalue weighted by atomic mass is 9.92. The maximum atomic E-state index is 12.8. The third kappa shape index (κ3) is 8.68. The number of benzene rings is 2. The minimum absolute atomic E-state index is 0.102. The molecule has 4 heterocycles. The first-order chi connectivity index (χ1) is 25.6. The smallest absolute Gasteiger partial charge is 0.397 e. The van der Waals surface area contributed by atoms with Crippen LogP contribution in [0.25, 0.3) is 21.8 Å². The number of carbonyl (C=O) groups excluding carboxylic acids is 6. The molecule has 2 atom stereocenters. The van der Waals surface area contributed by atoms with E-state index in [-0.39, 0.29) is 24.5 Å². The molecule has 1 aliphatic carbocycles. The number of piperazine rings is 2. The van der Waals surface area contributed by atoms with Gasteiger partial charge < -0.3 is 44.7 Å². The van der Waals surface area contributed by atoms with Crippen molar-refractivity contribution < 1.29 is 38.6 Å². The average Bonchev–Trinajstić information content (AvgIpc) is 3.83. The van der Waals surface area contributed by atoms with Crippen molar-refractivity contribution in [3.05, 3.63) is 72.1 Å². The van der Waals surface area contributed by atoms with E-state index in [2.05, 4.69) is 15.3 Å². The standard InChI is InChI=1S/C21H26N4O4.C17H19N3O4/c26-18-8-4-3-7-16(18)23-19(27)21(29)25-11-9-24(10-12-25)20(28)17-13-14-5-1-2-6-15(14)22-17;1-2-24-17(23)16(22)20-9-7-19(8-10-20)15(21)14-11-12-5-3-4-6-13(12)18-14/h1-2,5-6,13,16,18,22,26H,3-4,7-12H2,(H,23,27);3-6,11,18H,2,7-10H2,1H3/t16-,18-;/m0./s1. The number of H-pyrrole nitrogens is 2. The van der Waals surface area contributed by atoms with Gasteiger partial charge in [0.1, 0.15) is 11.4 Å². The number of aromatic amines is 2. The van der Waals surface area contributed by atoms with Gasteiger partial charge >= 0.3 is 23.7 Å². The summed E-state index contributed by atoms with van der Waals surface area (Å²) in [5.41, 5.74) is 2.87. The third-order valence-corrected chi connectivity index (χ3v) is 9.92. The van der Waals surface area contributed by atoms with Crippen LogP contribution in [0.5, 0.6) is 0 Å². The minimum atomic E-state index is -0.840. The van der Waals surface area contributed by atoms with Crippen LogP contribution < -0.4 is 5.32 Å². The summed E-state index contributed by atoms with van der Waals surface area (Å²) in [5.74, 6) is -2.97. The lowest BCUT2D eigenvalue weighted by molar-refractivity contribution is -0.160. The quantitative estimate of drug-likeness (QED) is 0.181. The molecule has 0 bridgehead atoms. The molecule has 280 valence electrons. The first kappa shape index (κ1) is 37.1. The maximum absolute atomic E-state index is 12.8. The molecule has 5 amide bonds. The molecule has 2 aliphatic heterocycles. The van der Waals surface area contributed by atoms with Gasteiger partial charge in [-0.15, -0.1) is 0 Å². The van der Waals surface area contributed by atoms with Crippen molar-refractivity contribution in [2.75, 3.05) is 59.0 Å². The Labute approximate surface area is 306 Å². The van der Waals surface area contributed by atoms with Crippen molar-refractivity contribution in [3.8, 4) is 0 Å². The van der Waals surface area contributed by atoms with Gasteiger partial charge in [0.2, 0.25) is 0 Å². The van der Waals surface area contributed by atoms with Crippen molar-refractivity contribution in [3.63, 3.8) is 0 Å². The van der Waals surface area contributed by atoms with Crippen LogP contribution in [0.2, 0.25) is 0 Å². The van der Waals surface area contributed by atoms with Crippen molar-refractivity contribution in [1.29, 1.82) is 0 Å². The summed E-state index contributed by atoms with van der Waals surface area (Å²) in [6.45, 7) is 4.62. The lowest BCUT2D eigenvalue weighted by Crippen LogP contribution is -2.56. The molecule has 2 aromatic carbocycles. The van der Waals surface area contributed by atoms with Gasteiger partial charge in [-0.3, -0.25) is 24.0 Å². The van der Waals surface area contributed by atoms with Gasteiger partial charge in [-0.05, 0) is 44.0 Å². The number of para-hydroxylation sites is 2.